The predicted octanol–water partition coefficient (Wildman–Crippen LogP) is 3.46. The number of rotatable bonds is 4. The molecule has 4 saturated carbocycles. The first kappa shape index (κ1) is 15.7. The van der Waals surface area contributed by atoms with Crippen LogP contribution >= 0.6 is 0 Å². The van der Waals surface area contributed by atoms with Crippen molar-refractivity contribution in [2.24, 2.45) is 23.2 Å². The molecule has 130 valence electrons. The average Bonchev–Trinajstić information content (AvgIpc) is 2.85. The lowest BCUT2D eigenvalue weighted by Gasteiger charge is -2.56. The zero-order valence-electron chi connectivity index (χ0n) is 14.4. The van der Waals surface area contributed by atoms with Crippen LogP contribution in [-0.4, -0.2) is 28.9 Å². The summed E-state index contributed by atoms with van der Waals surface area (Å²) < 4.78 is 5.54. The normalized spacial score (nSPS) is 33.7. The molecule has 0 atom stereocenters. The van der Waals surface area contributed by atoms with E-state index in [1.54, 1.807) is 17.9 Å². The van der Waals surface area contributed by atoms with E-state index in [2.05, 4.69) is 0 Å². The molecule has 5 rings (SSSR count). The molecule has 1 N–H and O–H groups in total. The maximum absolute atomic E-state index is 13.2. The van der Waals surface area contributed by atoms with Gasteiger partial charge in [0.05, 0.1) is 12.0 Å². The average molecular weight is 331 g/mol. The van der Waals surface area contributed by atoms with Gasteiger partial charge in [0.15, 0.2) is 0 Å². The Morgan fingerprint density at radius 2 is 1.75 bits per heavy atom. The van der Waals surface area contributed by atoms with Crippen molar-refractivity contribution in [3.05, 3.63) is 23.2 Å². The van der Waals surface area contributed by atoms with Crippen LogP contribution in [-0.2, 0) is 11.3 Å². The third-order valence-electron chi connectivity index (χ3n) is 6.43. The number of carbonyl (C=O) groups excluding carboxylic acids is 1. The quantitative estimate of drug-likeness (QED) is 0.917. The fourth-order valence-corrected chi connectivity index (χ4v) is 5.92. The van der Waals surface area contributed by atoms with Crippen LogP contribution in [0.15, 0.2) is 10.5 Å². The van der Waals surface area contributed by atoms with Crippen LogP contribution in [0.25, 0.3) is 0 Å². The number of carbonyl (C=O) groups is 2. The number of furan rings is 1. The van der Waals surface area contributed by atoms with E-state index >= 15 is 0 Å². The van der Waals surface area contributed by atoms with Crippen molar-refractivity contribution in [1.29, 1.82) is 0 Å². The summed E-state index contributed by atoms with van der Waals surface area (Å²) in [6.45, 7) is 1.99. The van der Waals surface area contributed by atoms with Crippen LogP contribution in [0.1, 0.15) is 60.4 Å². The predicted molar refractivity (Wildman–Crippen MR) is 87.5 cm³/mol. The van der Waals surface area contributed by atoms with Crippen LogP contribution < -0.4 is 0 Å². The molecule has 4 aliphatic rings. The molecule has 0 saturated heterocycles. The van der Waals surface area contributed by atoms with Gasteiger partial charge in [-0.25, -0.2) is 4.79 Å². The zero-order chi connectivity index (χ0) is 17.1. The molecule has 4 fully saturated rings. The maximum atomic E-state index is 13.2. The number of hydrogen-bond donors (Lipinski definition) is 1. The van der Waals surface area contributed by atoms with E-state index in [0.29, 0.717) is 18.1 Å². The Morgan fingerprint density at radius 1 is 1.21 bits per heavy atom. The largest absolute Gasteiger partial charge is 0.478 e. The van der Waals surface area contributed by atoms with E-state index in [-0.39, 0.29) is 16.9 Å². The molecular weight excluding hydrogens is 306 g/mol. The SMILES string of the molecule is Cc1oc(CN(C)C(=O)C23CC4CC(CC(C4)C2)C3)cc1C(=O)O. The number of carboxylic acids is 1. The van der Waals surface area contributed by atoms with Gasteiger partial charge in [-0.3, -0.25) is 4.79 Å². The van der Waals surface area contributed by atoms with Crippen molar-refractivity contribution in [2.45, 2.75) is 52.0 Å². The molecule has 0 aliphatic heterocycles. The summed E-state index contributed by atoms with van der Waals surface area (Å²) in [6.07, 6.45) is 7.07. The highest BCUT2D eigenvalue weighted by atomic mass is 16.4. The number of amides is 1. The Kier molecular flexibility index (Phi) is 3.52. The fraction of sp³-hybridized carbons (Fsp3) is 0.684. The Morgan fingerprint density at radius 3 is 2.21 bits per heavy atom. The van der Waals surface area contributed by atoms with Gasteiger partial charge in [0, 0.05) is 7.05 Å². The molecule has 1 aromatic heterocycles. The summed E-state index contributed by atoms with van der Waals surface area (Å²) >= 11 is 0. The summed E-state index contributed by atoms with van der Waals surface area (Å²) in [5.74, 6) is 2.39. The molecule has 4 aliphatic carbocycles. The van der Waals surface area contributed by atoms with Gasteiger partial charge in [-0.1, -0.05) is 0 Å². The van der Waals surface area contributed by atoms with Crippen LogP contribution in [0.4, 0.5) is 0 Å². The van der Waals surface area contributed by atoms with Gasteiger partial charge in [0.1, 0.15) is 17.1 Å². The summed E-state index contributed by atoms with van der Waals surface area (Å²) in [5, 5.41) is 9.14. The number of carboxylic acid groups (broad SMARTS) is 1. The Hall–Kier alpha value is -1.78. The minimum atomic E-state index is -0.988. The summed E-state index contributed by atoms with van der Waals surface area (Å²) in [4.78, 5) is 26.1. The van der Waals surface area contributed by atoms with E-state index in [4.69, 9.17) is 9.52 Å². The van der Waals surface area contributed by atoms with Crippen molar-refractivity contribution in [3.8, 4) is 0 Å². The molecule has 1 heterocycles. The van der Waals surface area contributed by atoms with Crippen molar-refractivity contribution in [1.82, 2.24) is 4.90 Å². The monoisotopic (exact) mass is 331 g/mol. The van der Waals surface area contributed by atoms with Crippen molar-refractivity contribution in [3.63, 3.8) is 0 Å². The second-order valence-corrected chi connectivity index (χ2v) is 8.35. The fourth-order valence-electron chi connectivity index (χ4n) is 5.92. The van der Waals surface area contributed by atoms with Crippen LogP contribution in [0.2, 0.25) is 0 Å². The number of nitrogens with zero attached hydrogens (tertiary/aromatic N) is 1. The molecule has 0 unspecified atom stereocenters. The first-order valence-electron chi connectivity index (χ1n) is 8.94. The van der Waals surface area contributed by atoms with E-state index < -0.39 is 5.97 Å². The first-order chi connectivity index (χ1) is 11.4. The first-order valence-corrected chi connectivity index (χ1v) is 8.94. The number of aryl methyl sites for hydroxylation is 1. The summed E-state index contributed by atoms with van der Waals surface area (Å²) in [6, 6.07) is 1.54. The van der Waals surface area contributed by atoms with Gasteiger partial charge in [-0.2, -0.15) is 0 Å². The topological polar surface area (TPSA) is 70.8 Å². The van der Waals surface area contributed by atoms with Crippen LogP contribution in [0.5, 0.6) is 0 Å². The smallest absolute Gasteiger partial charge is 0.339 e. The van der Waals surface area contributed by atoms with Gasteiger partial charge in [-0.05, 0) is 69.3 Å². The molecule has 4 bridgehead atoms. The highest BCUT2D eigenvalue weighted by molar-refractivity contribution is 5.89. The van der Waals surface area contributed by atoms with Gasteiger partial charge < -0.3 is 14.4 Å². The molecule has 1 aromatic rings. The third-order valence-corrected chi connectivity index (χ3v) is 6.43. The van der Waals surface area contributed by atoms with Crippen molar-refractivity contribution >= 4 is 11.9 Å². The Labute approximate surface area is 142 Å². The highest BCUT2D eigenvalue weighted by Crippen LogP contribution is 2.60. The van der Waals surface area contributed by atoms with Gasteiger partial charge in [0.2, 0.25) is 5.91 Å². The van der Waals surface area contributed by atoms with E-state index in [9.17, 15) is 9.59 Å². The van der Waals surface area contributed by atoms with Gasteiger partial charge in [0.25, 0.3) is 0 Å². The summed E-state index contributed by atoms with van der Waals surface area (Å²) in [7, 11) is 1.82. The molecule has 0 radical (unpaired) electrons. The minimum absolute atomic E-state index is 0.166. The highest BCUT2D eigenvalue weighted by Gasteiger charge is 2.55. The lowest BCUT2D eigenvalue weighted by molar-refractivity contribution is -0.157. The molecule has 0 aromatic carbocycles. The number of hydrogen-bond acceptors (Lipinski definition) is 3. The second kappa shape index (κ2) is 5.36. The lowest BCUT2D eigenvalue weighted by Crippen LogP contribution is -2.53. The van der Waals surface area contributed by atoms with E-state index in [1.165, 1.54) is 19.3 Å². The second-order valence-electron chi connectivity index (χ2n) is 8.35. The lowest BCUT2D eigenvalue weighted by atomic mass is 9.49. The van der Waals surface area contributed by atoms with Crippen molar-refractivity contribution in [2.75, 3.05) is 7.05 Å². The van der Waals surface area contributed by atoms with Gasteiger partial charge in [-0.15, -0.1) is 0 Å². The summed E-state index contributed by atoms with van der Waals surface area (Å²) in [5.41, 5.74) is 0.0153. The Bertz CT molecular complexity index is 654. The molecular formula is C19H25NO4. The van der Waals surface area contributed by atoms with E-state index in [0.717, 1.165) is 37.0 Å². The standard InChI is InChI=1S/C19H25NO4/c1-11-16(17(21)22)6-15(24-11)10-20(2)18(23)19-7-12-3-13(8-19)5-14(4-12)9-19/h6,12-14H,3-5,7-10H2,1-2H3,(H,21,22). The Balaban J connectivity index is 1.50. The molecule has 5 heteroatoms. The van der Waals surface area contributed by atoms with Crippen LogP contribution in [0.3, 0.4) is 0 Å². The minimum Gasteiger partial charge on any atom is -0.478 e. The number of aromatic carboxylic acids is 1. The molecule has 5 nitrogen and oxygen atoms in total. The third kappa shape index (κ3) is 2.45. The molecule has 0 spiro atoms. The van der Waals surface area contributed by atoms with E-state index in [1.807, 2.05) is 7.05 Å². The van der Waals surface area contributed by atoms with Crippen LogP contribution in [0, 0.1) is 30.1 Å². The maximum Gasteiger partial charge on any atom is 0.339 e. The molecule has 24 heavy (non-hydrogen) atoms. The zero-order valence-corrected chi connectivity index (χ0v) is 14.4. The van der Waals surface area contributed by atoms with Crippen molar-refractivity contribution < 1.29 is 19.1 Å². The van der Waals surface area contributed by atoms with Gasteiger partial charge >= 0.3 is 5.97 Å². The molecule has 1 amide bonds.